The third-order valence-electron chi connectivity index (χ3n) is 2.73. The standard InChI is InChI=1S/C11H21N3O2S2/c1-9-7-11(17-10(9)2)8-13-18(15,16)14(3)6-4-5-12/h7,13H,4-6,8,12H2,1-3H3. The van der Waals surface area contributed by atoms with Crippen LogP contribution in [0.15, 0.2) is 6.07 Å². The van der Waals surface area contributed by atoms with E-state index in [0.717, 1.165) is 4.88 Å². The minimum atomic E-state index is -3.40. The zero-order chi connectivity index (χ0) is 13.8. The van der Waals surface area contributed by atoms with Crippen molar-refractivity contribution in [2.45, 2.75) is 26.8 Å². The topological polar surface area (TPSA) is 75.4 Å². The van der Waals surface area contributed by atoms with Gasteiger partial charge in [-0.1, -0.05) is 0 Å². The van der Waals surface area contributed by atoms with E-state index < -0.39 is 10.2 Å². The molecule has 1 aromatic heterocycles. The molecular weight excluding hydrogens is 270 g/mol. The predicted octanol–water partition coefficient (Wildman–Crippen LogP) is 0.980. The quantitative estimate of drug-likeness (QED) is 0.786. The van der Waals surface area contributed by atoms with Crippen molar-refractivity contribution < 1.29 is 8.42 Å². The average Bonchev–Trinajstić information content (AvgIpc) is 2.63. The van der Waals surface area contributed by atoms with Crippen LogP contribution < -0.4 is 10.5 Å². The number of nitrogens with one attached hydrogen (secondary N) is 1. The Balaban J connectivity index is 2.56. The maximum absolute atomic E-state index is 11.9. The van der Waals surface area contributed by atoms with E-state index in [1.807, 2.05) is 19.9 Å². The first-order valence-corrected chi connectivity index (χ1v) is 8.09. The van der Waals surface area contributed by atoms with E-state index in [9.17, 15) is 8.42 Å². The van der Waals surface area contributed by atoms with Gasteiger partial charge in [0.2, 0.25) is 0 Å². The van der Waals surface area contributed by atoms with E-state index in [1.165, 1.54) is 14.7 Å². The molecule has 0 aliphatic heterocycles. The molecule has 0 aliphatic rings. The van der Waals surface area contributed by atoms with Crippen LogP contribution in [0, 0.1) is 13.8 Å². The summed E-state index contributed by atoms with van der Waals surface area (Å²) in [5.41, 5.74) is 6.56. The molecule has 0 unspecified atom stereocenters. The van der Waals surface area contributed by atoms with Gasteiger partial charge in [-0.2, -0.15) is 17.4 Å². The van der Waals surface area contributed by atoms with Gasteiger partial charge in [-0.3, -0.25) is 0 Å². The first-order chi connectivity index (χ1) is 8.36. The fourth-order valence-electron chi connectivity index (χ4n) is 1.44. The fourth-order valence-corrected chi connectivity index (χ4v) is 3.46. The molecule has 0 saturated heterocycles. The third kappa shape index (κ3) is 4.33. The largest absolute Gasteiger partial charge is 0.330 e. The van der Waals surface area contributed by atoms with Gasteiger partial charge in [0.25, 0.3) is 10.2 Å². The van der Waals surface area contributed by atoms with Crippen molar-refractivity contribution in [3.8, 4) is 0 Å². The van der Waals surface area contributed by atoms with Gasteiger partial charge in [0.05, 0.1) is 0 Å². The van der Waals surface area contributed by atoms with Gasteiger partial charge < -0.3 is 5.73 Å². The predicted molar refractivity (Wildman–Crippen MR) is 75.9 cm³/mol. The molecule has 1 heterocycles. The minimum absolute atomic E-state index is 0.342. The summed E-state index contributed by atoms with van der Waals surface area (Å²) in [6, 6.07) is 2.02. The SMILES string of the molecule is Cc1cc(CNS(=O)(=O)N(C)CCCN)sc1C. The van der Waals surface area contributed by atoms with Crippen LogP contribution in [0.25, 0.3) is 0 Å². The molecule has 5 nitrogen and oxygen atoms in total. The summed E-state index contributed by atoms with van der Waals surface area (Å²) in [4.78, 5) is 2.25. The van der Waals surface area contributed by atoms with Crippen molar-refractivity contribution in [2.75, 3.05) is 20.1 Å². The number of rotatable bonds is 7. The summed E-state index contributed by atoms with van der Waals surface area (Å²) in [7, 11) is -1.84. The van der Waals surface area contributed by atoms with Crippen LogP contribution in [0.4, 0.5) is 0 Å². The van der Waals surface area contributed by atoms with Crippen LogP contribution in [-0.2, 0) is 16.8 Å². The molecule has 0 atom stereocenters. The molecule has 0 aliphatic carbocycles. The highest BCUT2D eigenvalue weighted by molar-refractivity contribution is 7.87. The zero-order valence-corrected chi connectivity index (χ0v) is 12.7. The smallest absolute Gasteiger partial charge is 0.279 e. The second-order valence-corrected chi connectivity index (χ2v) is 7.44. The van der Waals surface area contributed by atoms with Crippen molar-refractivity contribution in [1.82, 2.24) is 9.03 Å². The zero-order valence-electron chi connectivity index (χ0n) is 11.1. The molecule has 3 N–H and O–H groups in total. The Hall–Kier alpha value is -0.470. The third-order valence-corrected chi connectivity index (χ3v) is 5.40. The molecule has 0 aromatic carbocycles. The van der Waals surface area contributed by atoms with Gasteiger partial charge in [-0.25, -0.2) is 0 Å². The van der Waals surface area contributed by atoms with Gasteiger partial charge in [0, 0.05) is 29.9 Å². The maximum atomic E-state index is 11.9. The van der Waals surface area contributed by atoms with Crippen LogP contribution in [0.2, 0.25) is 0 Å². The first kappa shape index (κ1) is 15.6. The van der Waals surface area contributed by atoms with Crippen molar-refractivity contribution in [2.24, 2.45) is 5.73 Å². The van der Waals surface area contributed by atoms with E-state index in [-0.39, 0.29) is 0 Å². The Bertz CT molecular complexity index is 463. The van der Waals surface area contributed by atoms with Gasteiger partial charge in [0.15, 0.2) is 0 Å². The lowest BCUT2D eigenvalue weighted by Crippen LogP contribution is -2.38. The molecule has 18 heavy (non-hydrogen) atoms. The van der Waals surface area contributed by atoms with E-state index in [0.29, 0.717) is 26.1 Å². The van der Waals surface area contributed by atoms with E-state index >= 15 is 0 Å². The van der Waals surface area contributed by atoms with Crippen molar-refractivity contribution >= 4 is 21.5 Å². The first-order valence-electron chi connectivity index (χ1n) is 5.83. The lowest BCUT2D eigenvalue weighted by Gasteiger charge is -2.16. The molecular formula is C11H21N3O2S2. The number of aryl methyl sites for hydroxylation is 2. The second-order valence-electron chi connectivity index (χ2n) is 4.24. The molecule has 0 saturated carbocycles. The Morgan fingerprint density at radius 1 is 1.44 bits per heavy atom. The Morgan fingerprint density at radius 3 is 2.61 bits per heavy atom. The van der Waals surface area contributed by atoms with E-state index in [4.69, 9.17) is 5.73 Å². The van der Waals surface area contributed by atoms with Crippen LogP contribution in [0.1, 0.15) is 21.7 Å². The highest BCUT2D eigenvalue weighted by atomic mass is 32.2. The number of nitrogens with two attached hydrogens (primary N) is 1. The molecule has 104 valence electrons. The number of hydrogen-bond donors (Lipinski definition) is 2. The molecule has 0 fully saturated rings. The Morgan fingerprint density at radius 2 is 2.11 bits per heavy atom. The Kier molecular flexibility index (Phi) is 5.74. The summed E-state index contributed by atoms with van der Waals surface area (Å²) < 4.78 is 27.7. The number of thiophene rings is 1. The number of nitrogens with zero attached hydrogens (tertiary/aromatic N) is 1. The number of hydrogen-bond acceptors (Lipinski definition) is 4. The molecule has 1 rings (SSSR count). The molecule has 0 radical (unpaired) electrons. The van der Waals surface area contributed by atoms with Gasteiger partial charge in [-0.15, -0.1) is 11.3 Å². The van der Waals surface area contributed by atoms with Crippen LogP contribution >= 0.6 is 11.3 Å². The van der Waals surface area contributed by atoms with Gasteiger partial charge in [-0.05, 0) is 38.4 Å². The molecule has 1 aromatic rings. The van der Waals surface area contributed by atoms with Crippen molar-refractivity contribution in [1.29, 1.82) is 0 Å². The van der Waals surface area contributed by atoms with Crippen LogP contribution in [0.3, 0.4) is 0 Å². The average molecular weight is 291 g/mol. The summed E-state index contributed by atoms with van der Waals surface area (Å²) in [5.74, 6) is 0. The second kappa shape index (κ2) is 6.63. The maximum Gasteiger partial charge on any atom is 0.279 e. The summed E-state index contributed by atoms with van der Waals surface area (Å²) in [6.45, 7) is 5.33. The lowest BCUT2D eigenvalue weighted by molar-refractivity contribution is 0.453. The molecule has 0 spiro atoms. The van der Waals surface area contributed by atoms with E-state index in [2.05, 4.69) is 4.72 Å². The lowest BCUT2D eigenvalue weighted by atomic mass is 10.3. The monoisotopic (exact) mass is 291 g/mol. The Labute approximate surface area is 113 Å². The molecule has 0 bridgehead atoms. The highest BCUT2D eigenvalue weighted by Gasteiger charge is 2.16. The van der Waals surface area contributed by atoms with E-state index in [1.54, 1.807) is 18.4 Å². The van der Waals surface area contributed by atoms with Gasteiger partial charge in [0.1, 0.15) is 0 Å². The van der Waals surface area contributed by atoms with Gasteiger partial charge >= 0.3 is 0 Å². The summed E-state index contributed by atoms with van der Waals surface area (Å²) in [5, 5.41) is 0. The van der Waals surface area contributed by atoms with Crippen LogP contribution in [-0.4, -0.2) is 32.9 Å². The van der Waals surface area contributed by atoms with Crippen LogP contribution in [0.5, 0.6) is 0 Å². The summed E-state index contributed by atoms with van der Waals surface area (Å²) >= 11 is 1.62. The molecule has 0 amide bonds. The fraction of sp³-hybridized carbons (Fsp3) is 0.636. The normalized spacial score (nSPS) is 12.3. The summed E-state index contributed by atoms with van der Waals surface area (Å²) in [6.07, 6.45) is 0.661. The molecule has 7 heteroatoms. The minimum Gasteiger partial charge on any atom is -0.330 e. The van der Waals surface area contributed by atoms with Crippen molar-refractivity contribution in [3.63, 3.8) is 0 Å². The highest BCUT2D eigenvalue weighted by Crippen LogP contribution is 2.20. The van der Waals surface area contributed by atoms with Crippen molar-refractivity contribution in [3.05, 3.63) is 21.4 Å².